The number of rotatable bonds is 3. The van der Waals surface area contributed by atoms with Gasteiger partial charge >= 0.3 is 0 Å². The van der Waals surface area contributed by atoms with Crippen molar-refractivity contribution >= 4 is 5.91 Å². The van der Waals surface area contributed by atoms with Gasteiger partial charge in [0, 0.05) is 24.8 Å². The van der Waals surface area contributed by atoms with Gasteiger partial charge in [-0.05, 0) is 57.0 Å². The van der Waals surface area contributed by atoms with Crippen molar-refractivity contribution in [3.8, 4) is 16.9 Å². The van der Waals surface area contributed by atoms with E-state index in [9.17, 15) is 14.3 Å². The van der Waals surface area contributed by atoms with Crippen LogP contribution in [-0.2, 0) is 0 Å². The molecule has 29 heavy (non-hydrogen) atoms. The van der Waals surface area contributed by atoms with E-state index in [1.807, 2.05) is 31.2 Å². The number of aromatic nitrogens is 2. The Kier molecular flexibility index (Phi) is 4.96. The maximum Gasteiger partial charge on any atom is 0.257 e. The van der Waals surface area contributed by atoms with Crippen LogP contribution in [0.15, 0.2) is 54.7 Å². The highest BCUT2D eigenvalue weighted by Gasteiger charge is 2.31. The van der Waals surface area contributed by atoms with E-state index in [0.717, 1.165) is 11.1 Å². The van der Waals surface area contributed by atoms with Crippen LogP contribution in [0.5, 0.6) is 0 Å². The number of amides is 1. The number of carbonyl (C=O) groups excluding carboxylic acids is 1. The van der Waals surface area contributed by atoms with E-state index in [0.29, 0.717) is 42.9 Å². The zero-order valence-electron chi connectivity index (χ0n) is 16.6. The number of hydrogen-bond donors (Lipinski definition) is 1. The first-order valence-corrected chi connectivity index (χ1v) is 9.77. The van der Waals surface area contributed by atoms with Gasteiger partial charge in [-0.2, -0.15) is 5.10 Å². The van der Waals surface area contributed by atoms with Gasteiger partial charge in [-0.3, -0.25) is 4.79 Å². The average Bonchev–Trinajstić information content (AvgIpc) is 3.13. The fourth-order valence-corrected chi connectivity index (χ4v) is 3.62. The van der Waals surface area contributed by atoms with Gasteiger partial charge in [-0.1, -0.05) is 23.8 Å². The Balaban J connectivity index is 1.75. The Labute approximate surface area is 169 Å². The summed E-state index contributed by atoms with van der Waals surface area (Å²) in [5, 5.41) is 14.9. The quantitative estimate of drug-likeness (QED) is 0.732. The second-order valence-corrected chi connectivity index (χ2v) is 7.97. The second kappa shape index (κ2) is 7.44. The van der Waals surface area contributed by atoms with E-state index in [-0.39, 0.29) is 11.7 Å². The molecular weight excluding hydrogens is 369 g/mol. The first kappa shape index (κ1) is 19.3. The van der Waals surface area contributed by atoms with Crippen molar-refractivity contribution in [2.45, 2.75) is 32.3 Å². The highest BCUT2D eigenvalue weighted by molar-refractivity contribution is 6.00. The lowest BCUT2D eigenvalue weighted by Gasteiger charge is -2.35. The van der Waals surface area contributed by atoms with Crippen molar-refractivity contribution in [3.05, 3.63) is 71.7 Å². The van der Waals surface area contributed by atoms with Crippen LogP contribution in [0.2, 0.25) is 0 Å². The van der Waals surface area contributed by atoms with Crippen LogP contribution in [0.1, 0.15) is 35.7 Å². The normalized spacial score (nSPS) is 16.1. The van der Waals surface area contributed by atoms with Gasteiger partial charge in [0.1, 0.15) is 11.5 Å². The summed E-state index contributed by atoms with van der Waals surface area (Å²) < 4.78 is 14.9. The molecule has 1 aliphatic heterocycles. The van der Waals surface area contributed by atoms with Gasteiger partial charge < -0.3 is 10.0 Å². The summed E-state index contributed by atoms with van der Waals surface area (Å²) in [5.74, 6) is -0.429. The lowest BCUT2D eigenvalue weighted by molar-refractivity contribution is -0.00200. The largest absolute Gasteiger partial charge is 0.390 e. The van der Waals surface area contributed by atoms with E-state index in [1.54, 1.807) is 34.8 Å². The maximum absolute atomic E-state index is 13.3. The molecule has 1 amide bonds. The van der Waals surface area contributed by atoms with Crippen LogP contribution < -0.4 is 0 Å². The molecule has 0 aliphatic carbocycles. The topological polar surface area (TPSA) is 58.4 Å². The maximum atomic E-state index is 13.3. The monoisotopic (exact) mass is 393 g/mol. The van der Waals surface area contributed by atoms with Crippen molar-refractivity contribution in [2.75, 3.05) is 13.1 Å². The van der Waals surface area contributed by atoms with E-state index in [2.05, 4.69) is 5.10 Å². The lowest BCUT2D eigenvalue weighted by Crippen LogP contribution is -2.45. The number of aryl methyl sites for hydroxylation is 1. The number of halogens is 1. The molecule has 3 aromatic rings. The molecule has 2 aromatic carbocycles. The smallest absolute Gasteiger partial charge is 0.257 e. The molecular formula is C23H24FN3O2. The van der Waals surface area contributed by atoms with Crippen LogP contribution in [0.3, 0.4) is 0 Å². The minimum absolute atomic E-state index is 0.106. The molecule has 1 fully saturated rings. The molecule has 0 spiro atoms. The van der Waals surface area contributed by atoms with Crippen molar-refractivity contribution in [3.63, 3.8) is 0 Å². The van der Waals surface area contributed by atoms with Gasteiger partial charge in [-0.15, -0.1) is 0 Å². The zero-order valence-corrected chi connectivity index (χ0v) is 16.6. The minimum Gasteiger partial charge on any atom is -0.390 e. The third-order valence-corrected chi connectivity index (χ3v) is 5.46. The van der Waals surface area contributed by atoms with Crippen LogP contribution in [0.25, 0.3) is 16.9 Å². The van der Waals surface area contributed by atoms with E-state index in [1.165, 1.54) is 12.1 Å². The first-order chi connectivity index (χ1) is 13.8. The van der Waals surface area contributed by atoms with E-state index >= 15 is 0 Å². The molecule has 0 saturated carbocycles. The molecule has 1 aliphatic rings. The molecule has 1 saturated heterocycles. The molecule has 150 valence electrons. The Morgan fingerprint density at radius 1 is 1.14 bits per heavy atom. The average molecular weight is 393 g/mol. The predicted octanol–water partition coefficient (Wildman–Crippen LogP) is 3.97. The zero-order chi connectivity index (χ0) is 20.6. The fraction of sp³-hybridized carbons (Fsp3) is 0.304. The van der Waals surface area contributed by atoms with Crippen molar-refractivity contribution in [1.29, 1.82) is 0 Å². The Morgan fingerprint density at radius 3 is 2.48 bits per heavy atom. The molecule has 1 aromatic heterocycles. The van der Waals surface area contributed by atoms with Gasteiger partial charge in [0.25, 0.3) is 5.91 Å². The predicted molar refractivity (Wildman–Crippen MR) is 109 cm³/mol. The number of hydrogen-bond acceptors (Lipinski definition) is 3. The van der Waals surface area contributed by atoms with Gasteiger partial charge in [0.15, 0.2) is 0 Å². The van der Waals surface area contributed by atoms with Crippen LogP contribution in [-0.4, -0.2) is 44.4 Å². The van der Waals surface area contributed by atoms with Crippen molar-refractivity contribution < 1.29 is 14.3 Å². The molecule has 6 heteroatoms. The highest BCUT2D eigenvalue weighted by Crippen LogP contribution is 2.28. The number of carbonyl (C=O) groups is 1. The van der Waals surface area contributed by atoms with Gasteiger partial charge in [0.05, 0.1) is 16.9 Å². The summed E-state index contributed by atoms with van der Waals surface area (Å²) in [6.07, 6.45) is 2.80. The van der Waals surface area contributed by atoms with Gasteiger partial charge in [0.2, 0.25) is 0 Å². The summed E-state index contributed by atoms with van der Waals surface area (Å²) in [6.45, 7) is 4.80. The Hall–Kier alpha value is -2.99. The second-order valence-electron chi connectivity index (χ2n) is 7.97. The standard InChI is InChI=1S/C23H24FN3O2/c1-16-4-3-5-17(14-16)21-20(22(28)26-12-10-23(2,29)11-13-26)15-27(25-21)19-8-6-18(24)7-9-19/h3-9,14-15,29H,10-13H2,1-2H3. The summed E-state index contributed by atoms with van der Waals surface area (Å²) in [7, 11) is 0. The number of piperidine rings is 1. The Bertz CT molecular complexity index is 1030. The molecule has 0 atom stereocenters. The third-order valence-electron chi connectivity index (χ3n) is 5.46. The first-order valence-electron chi connectivity index (χ1n) is 9.77. The molecule has 4 rings (SSSR count). The number of benzene rings is 2. The van der Waals surface area contributed by atoms with Crippen molar-refractivity contribution in [2.24, 2.45) is 0 Å². The summed E-state index contributed by atoms with van der Waals surface area (Å²) >= 11 is 0. The van der Waals surface area contributed by atoms with Gasteiger partial charge in [-0.25, -0.2) is 9.07 Å². The molecule has 2 heterocycles. The summed E-state index contributed by atoms with van der Waals surface area (Å²) in [5.41, 5.74) is 2.99. The van der Waals surface area contributed by atoms with Crippen LogP contribution in [0.4, 0.5) is 4.39 Å². The molecule has 5 nitrogen and oxygen atoms in total. The summed E-state index contributed by atoms with van der Waals surface area (Å²) in [4.78, 5) is 15.1. The minimum atomic E-state index is -0.728. The van der Waals surface area contributed by atoms with Crippen LogP contribution in [0, 0.1) is 12.7 Å². The number of likely N-dealkylation sites (tertiary alicyclic amines) is 1. The summed E-state index contributed by atoms with van der Waals surface area (Å²) in [6, 6.07) is 13.9. The molecule has 0 radical (unpaired) electrons. The SMILES string of the molecule is Cc1cccc(-c2nn(-c3ccc(F)cc3)cc2C(=O)N2CCC(C)(O)CC2)c1. The fourth-order valence-electron chi connectivity index (χ4n) is 3.62. The third kappa shape index (κ3) is 4.07. The molecule has 0 unspecified atom stereocenters. The van der Waals surface area contributed by atoms with E-state index in [4.69, 9.17) is 0 Å². The highest BCUT2D eigenvalue weighted by atomic mass is 19.1. The number of nitrogens with zero attached hydrogens (tertiary/aromatic N) is 3. The molecule has 1 N–H and O–H groups in total. The van der Waals surface area contributed by atoms with E-state index < -0.39 is 5.60 Å². The lowest BCUT2D eigenvalue weighted by atomic mass is 9.93. The molecule has 0 bridgehead atoms. The van der Waals surface area contributed by atoms with Crippen molar-refractivity contribution in [1.82, 2.24) is 14.7 Å². The van der Waals surface area contributed by atoms with Crippen LogP contribution >= 0.6 is 0 Å². The Morgan fingerprint density at radius 2 is 1.83 bits per heavy atom. The number of aliphatic hydroxyl groups is 1.